The smallest absolute Gasteiger partial charge is 0.126 e. The van der Waals surface area contributed by atoms with Gasteiger partial charge in [-0.05, 0) is 31.0 Å². The lowest BCUT2D eigenvalue weighted by Gasteiger charge is -2.22. The normalized spacial score (nSPS) is 14.8. The third-order valence-electron chi connectivity index (χ3n) is 2.35. The Hall–Kier alpha value is -1.00. The first-order valence-corrected chi connectivity index (χ1v) is 5.09. The average Bonchev–Trinajstić information content (AvgIpc) is 2.12. The minimum Gasteiger partial charge on any atom is -0.390 e. The Morgan fingerprint density at radius 3 is 2.31 bits per heavy atom. The predicted molar refractivity (Wildman–Crippen MR) is 57.2 cm³/mol. The zero-order valence-electron chi connectivity index (χ0n) is 9.46. The maximum Gasteiger partial charge on any atom is 0.126 e. The number of hydrogen-bond acceptors (Lipinski definition) is 2. The van der Waals surface area contributed by atoms with Gasteiger partial charge in [0.05, 0.1) is 5.60 Å². The fourth-order valence-corrected chi connectivity index (χ4v) is 1.56. The van der Waals surface area contributed by atoms with Gasteiger partial charge < -0.3 is 9.84 Å². The summed E-state index contributed by atoms with van der Waals surface area (Å²) in [5.74, 6) is -1.25. The molecule has 0 aliphatic carbocycles. The highest BCUT2D eigenvalue weighted by Gasteiger charge is 2.21. The Balaban J connectivity index is 2.71. The van der Waals surface area contributed by atoms with Crippen molar-refractivity contribution in [3.63, 3.8) is 0 Å². The molecule has 1 rings (SSSR count). The summed E-state index contributed by atoms with van der Waals surface area (Å²) in [6, 6.07) is 3.27. The molecule has 0 aliphatic rings. The summed E-state index contributed by atoms with van der Waals surface area (Å²) in [5, 5.41) is 9.96. The molecule has 0 spiro atoms. The van der Waals surface area contributed by atoms with E-state index in [9.17, 15) is 13.9 Å². The van der Waals surface area contributed by atoms with Crippen LogP contribution in [0.25, 0.3) is 0 Å². The van der Waals surface area contributed by atoms with Crippen molar-refractivity contribution in [2.24, 2.45) is 0 Å². The Morgan fingerprint density at radius 2 is 1.81 bits per heavy atom. The molecule has 0 aromatic heterocycles. The van der Waals surface area contributed by atoms with Crippen LogP contribution < -0.4 is 0 Å². The second-order valence-electron chi connectivity index (χ2n) is 4.19. The van der Waals surface area contributed by atoms with E-state index in [1.807, 2.05) is 0 Å². The SMILES string of the molecule is COCCC(C)(O)Cc1cc(F)cc(F)c1. The van der Waals surface area contributed by atoms with Crippen molar-refractivity contribution in [3.8, 4) is 0 Å². The molecule has 90 valence electrons. The molecule has 1 aromatic rings. The number of benzene rings is 1. The van der Waals surface area contributed by atoms with Crippen LogP contribution in [0.5, 0.6) is 0 Å². The van der Waals surface area contributed by atoms with Crippen molar-refractivity contribution in [1.29, 1.82) is 0 Å². The zero-order valence-corrected chi connectivity index (χ0v) is 9.46. The van der Waals surface area contributed by atoms with Gasteiger partial charge in [-0.15, -0.1) is 0 Å². The van der Waals surface area contributed by atoms with Crippen molar-refractivity contribution in [2.45, 2.75) is 25.4 Å². The van der Waals surface area contributed by atoms with Crippen LogP contribution in [-0.2, 0) is 11.2 Å². The first-order valence-electron chi connectivity index (χ1n) is 5.09. The van der Waals surface area contributed by atoms with Crippen molar-refractivity contribution >= 4 is 0 Å². The van der Waals surface area contributed by atoms with E-state index in [-0.39, 0.29) is 6.42 Å². The monoisotopic (exact) mass is 230 g/mol. The molecular formula is C12H16F2O2. The van der Waals surface area contributed by atoms with E-state index < -0.39 is 17.2 Å². The molecule has 1 unspecified atom stereocenters. The second-order valence-corrected chi connectivity index (χ2v) is 4.19. The summed E-state index contributed by atoms with van der Waals surface area (Å²) >= 11 is 0. The molecule has 1 N–H and O–H groups in total. The van der Waals surface area contributed by atoms with E-state index in [0.29, 0.717) is 18.6 Å². The lowest BCUT2D eigenvalue weighted by molar-refractivity contribution is 0.0248. The molecule has 16 heavy (non-hydrogen) atoms. The van der Waals surface area contributed by atoms with E-state index in [1.165, 1.54) is 19.2 Å². The summed E-state index contributed by atoms with van der Waals surface area (Å²) in [7, 11) is 1.54. The topological polar surface area (TPSA) is 29.5 Å². The highest BCUT2D eigenvalue weighted by Crippen LogP contribution is 2.18. The van der Waals surface area contributed by atoms with Crippen LogP contribution in [0, 0.1) is 11.6 Å². The van der Waals surface area contributed by atoms with Gasteiger partial charge in [-0.3, -0.25) is 0 Å². The fraction of sp³-hybridized carbons (Fsp3) is 0.500. The summed E-state index contributed by atoms with van der Waals surface area (Å²) in [6.45, 7) is 2.03. The van der Waals surface area contributed by atoms with Crippen LogP contribution in [0.3, 0.4) is 0 Å². The Bertz CT molecular complexity index is 331. The van der Waals surface area contributed by atoms with Crippen LogP contribution in [-0.4, -0.2) is 24.4 Å². The minimum atomic E-state index is -1.02. The maximum atomic E-state index is 12.9. The molecule has 0 saturated carbocycles. The predicted octanol–water partition coefficient (Wildman–Crippen LogP) is 2.29. The van der Waals surface area contributed by atoms with Gasteiger partial charge in [0.2, 0.25) is 0 Å². The van der Waals surface area contributed by atoms with Crippen molar-refractivity contribution < 1.29 is 18.6 Å². The highest BCUT2D eigenvalue weighted by molar-refractivity contribution is 5.19. The lowest BCUT2D eigenvalue weighted by atomic mass is 9.93. The second kappa shape index (κ2) is 5.37. The van der Waals surface area contributed by atoms with E-state index in [4.69, 9.17) is 4.74 Å². The lowest BCUT2D eigenvalue weighted by Crippen LogP contribution is -2.28. The standard InChI is InChI=1S/C12H16F2O2/c1-12(15,3-4-16-2)8-9-5-10(13)7-11(14)6-9/h5-7,15H,3-4,8H2,1-2H3. The van der Waals surface area contributed by atoms with Crippen LogP contribution in [0.2, 0.25) is 0 Å². The van der Waals surface area contributed by atoms with Crippen molar-refractivity contribution in [2.75, 3.05) is 13.7 Å². The molecule has 0 heterocycles. The number of aliphatic hydroxyl groups is 1. The van der Waals surface area contributed by atoms with Gasteiger partial charge >= 0.3 is 0 Å². The third kappa shape index (κ3) is 4.24. The largest absolute Gasteiger partial charge is 0.390 e. The average molecular weight is 230 g/mol. The minimum absolute atomic E-state index is 0.199. The maximum absolute atomic E-state index is 12.9. The Labute approximate surface area is 93.9 Å². The van der Waals surface area contributed by atoms with Gasteiger partial charge in [-0.1, -0.05) is 0 Å². The van der Waals surface area contributed by atoms with Crippen molar-refractivity contribution in [1.82, 2.24) is 0 Å². The molecule has 0 radical (unpaired) electrons. The summed E-state index contributed by atoms with van der Waals surface area (Å²) < 4.78 is 30.7. The van der Waals surface area contributed by atoms with Gasteiger partial charge in [0.1, 0.15) is 11.6 Å². The van der Waals surface area contributed by atoms with Gasteiger partial charge in [-0.2, -0.15) is 0 Å². The van der Waals surface area contributed by atoms with Gasteiger partial charge in [-0.25, -0.2) is 8.78 Å². The Morgan fingerprint density at radius 1 is 1.25 bits per heavy atom. The van der Waals surface area contributed by atoms with Crippen LogP contribution in [0.1, 0.15) is 18.9 Å². The summed E-state index contributed by atoms with van der Waals surface area (Å²) in [4.78, 5) is 0. The van der Waals surface area contributed by atoms with Crippen LogP contribution in [0.4, 0.5) is 8.78 Å². The Kier molecular flexibility index (Phi) is 4.38. The molecule has 2 nitrogen and oxygen atoms in total. The van der Waals surface area contributed by atoms with Gasteiger partial charge in [0.15, 0.2) is 0 Å². The molecule has 0 aliphatic heterocycles. The number of ether oxygens (including phenoxy) is 1. The molecule has 1 atom stereocenters. The number of hydrogen-bond donors (Lipinski definition) is 1. The van der Waals surface area contributed by atoms with Crippen LogP contribution in [0.15, 0.2) is 18.2 Å². The van der Waals surface area contributed by atoms with Gasteiger partial charge in [0.25, 0.3) is 0 Å². The number of methoxy groups -OCH3 is 1. The highest BCUT2D eigenvalue weighted by atomic mass is 19.1. The van der Waals surface area contributed by atoms with E-state index in [0.717, 1.165) is 6.07 Å². The molecule has 0 saturated heterocycles. The molecule has 0 bridgehead atoms. The number of halogens is 2. The van der Waals surface area contributed by atoms with Crippen LogP contribution >= 0.6 is 0 Å². The van der Waals surface area contributed by atoms with Crippen molar-refractivity contribution in [3.05, 3.63) is 35.4 Å². The molecular weight excluding hydrogens is 214 g/mol. The molecule has 4 heteroatoms. The fourth-order valence-electron chi connectivity index (χ4n) is 1.56. The van der Waals surface area contributed by atoms with Gasteiger partial charge in [0, 0.05) is 26.2 Å². The molecule has 1 aromatic carbocycles. The third-order valence-corrected chi connectivity index (χ3v) is 2.35. The first kappa shape index (κ1) is 13.1. The molecule has 0 fully saturated rings. The summed E-state index contributed by atoms with van der Waals surface area (Å²) in [6.07, 6.45) is 0.618. The quantitative estimate of drug-likeness (QED) is 0.841. The van der Waals surface area contributed by atoms with E-state index in [1.54, 1.807) is 6.92 Å². The zero-order chi connectivity index (χ0) is 12.2. The van der Waals surface area contributed by atoms with E-state index in [2.05, 4.69) is 0 Å². The molecule has 0 amide bonds. The number of rotatable bonds is 5. The first-order chi connectivity index (χ1) is 7.43. The summed E-state index contributed by atoms with van der Waals surface area (Å²) in [5.41, 5.74) is -0.574. The van der Waals surface area contributed by atoms with E-state index >= 15 is 0 Å².